The molecule has 1 rings (SSSR count). The van der Waals surface area contributed by atoms with E-state index in [0.717, 1.165) is 0 Å². The Labute approximate surface area is 87.9 Å². The van der Waals surface area contributed by atoms with Crippen molar-refractivity contribution in [2.24, 2.45) is 0 Å². The second-order valence-corrected chi connectivity index (χ2v) is 3.47. The minimum atomic E-state index is -1.24. The van der Waals surface area contributed by atoms with Crippen molar-refractivity contribution < 1.29 is 14.3 Å². The lowest BCUT2D eigenvalue weighted by Crippen LogP contribution is -2.46. The average Bonchev–Trinajstić information content (AvgIpc) is 2.17. The molecular weight excluding hydrogens is 197 g/mol. The van der Waals surface area contributed by atoms with Crippen LogP contribution in [0.1, 0.15) is 19.4 Å². The number of rotatable bonds is 4. The van der Waals surface area contributed by atoms with Gasteiger partial charge in [0, 0.05) is 0 Å². The Kier molecular flexibility index (Phi) is 3.42. The van der Waals surface area contributed by atoms with Gasteiger partial charge in [0.1, 0.15) is 11.4 Å². The number of hydrogen-bond acceptors (Lipinski definition) is 2. The van der Waals surface area contributed by atoms with Gasteiger partial charge >= 0.3 is 5.97 Å². The molecule has 0 radical (unpaired) electrons. The van der Waals surface area contributed by atoms with Crippen molar-refractivity contribution in [3.63, 3.8) is 0 Å². The van der Waals surface area contributed by atoms with E-state index in [0.29, 0.717) is 12.1 Å². The highest BCUT2D eigenvalue weighted by molar-refractivity contribution is 5.80. The Bertz CT molecular complexity index is 367. The largest absolute Gasteiger partial charge is 0.480 e. The first-order valence-corrected chi connectivity index (χ1v) is 4.75. The number of carboxylic acids is 1. The van der Waals surface area contributed by atoms with Crippen molar-refractivity contribution in [1.29, 1.82) is 0 Å². The Morgan fingerprint density at radius 1 is 1.60 bits per heavy atom. The van der Waals surface area contributed by atoms with E-state index >= 15 is 0 Å². The fourth-order valence-electron chi connectivity index (χ4n) is 1.45. The van der Waals surface area contributed by atoms with Gasteiger partial charge in [0.2, 0.25) is 0 Å². The highest BCUT2D eigenvalue weighted by atomic mass is 19.1. The molecule has 1 atom stereocenters. The molecular formula is C11H14FNO2. The molecule has 0 aliphatic rings. The van der Waals surface area contributed by atoms with Gasteiger partial charge in [0.25, 0.3) is 0 Å². The molecule has 0 saturated heterocycles. The zero-order valence-electron chi connectivity index (χ0n) is 8.75. The van der Waals surface area contributed by atoms with Crippen LogP contribution in [0.15, 0.2) is 24.3 Å². The molecule has 0 aliphatic heterocycles. The molecule has 0 saturated carbocycles. The van der Waals surface area contributed by atoms with Crippen LogP contribution >= 0.6 is 0 Å². The zero-order valence-corrected chi connectivity index (χ0v) is 8.75. The molecule has 4 heteroatoms. The SMILES string of the molecule is CCN[C@@](C)(C(=O)O)c1cccc(F)c1. The number of carboxylic acid groups (broad SMARTS) is 1. The Balaban J connectivity index is 3.15. The van der Waals surface area contributed by atoms with E-state index in [9.17, 15) is 9.18 Å². The Morgan fingerprint density at radius 2 is 2.27 bits per heavy atom. The van der Waals surface area contributed by atoms with Crippen molar-refractivity contribution in [3.8, 4) is 0 Å². The molecule has 2 N–H and O–H groups in total. The minimum absolute atomic E-state index is 0.414. The summed E-state index contributed by atoms with van der Waals surface area (Å²) in [4.78, 5) is 11.1. The monoisotopic (exact) mass is 211 g/mol. The Morgan fingerprint density at radius 3 is 2.73 bits per heavy atom. The van der Waals surface area contributed by atoms with Gasteiger partial charge in [-0.25, -0.2) is 9.18 Å². The third kappa shape index (κ3) is 2.33. The van der Waals surface area contributed by atoms with E-state index < -0.39 is 17.3 Å². The normalized spacial score (nSPS) is 14.6. The topological polar surface area (TPSA) is 49.3 Å². The summed E-state index contributed by atoms with van der Waals surface area (Å²) in [5, 5.41) is 12.0. The molecule has 1 aromatic carbocycles. The second kappa shape index (κ2) is 4.40. The van der Waals surface area contributed by atoms with Crippen LogP contribution in [0.4, 0.5) is 4.39 Å². The summed E-state index contributed by atoms with van der Waals surface area (Å²) in [6.07, 6.45) is 0. The molecule has 0 amide bonds. The van der Waals surface area contributed by atoms with Gasteiger partial charge < -0.3 is 5.11 Å². The molecule has 0 fully saturated rings. The molecule has 15 heavy (non-hydrogen) atoms. The van der Waals surface area contributed by atoms with Gasteiger partial charge in [-0.2, -0.15) is 0 Å². The summed E-state index contributed by atoms with van der Waals surface area (Å²) in [5.41, 5.74) is -0.825. The van der Waals surface area contributed by atoms with Crippen molar-refractivity contribution in [2.75, 3.05) is 6.54 Å². The van der Waals surface area contributed by atoms with Gasteiger partial charge in [0.05, 0.1) is 0 Å². The van der Waals surface area contributed by atoms with Crippen LogP contribution in [0.5, 0.6) is 0 Å². The van der Waals surface area contributed by atoms with Crippen LogP contribution in [0.3, 0.4) is 0 Å². The fraction of sp³-hybridized carbons (Fsp3) is 0.364. The summed E-state index contributed by atoms with van der Waals surface area (Å²) in [7, 11) is 0. The van der Waals surface area contributed by atoms with Crippen LogP contribution in [-0.2, 0) is 10.3 Å². The third-order valence-electron chi connectivity index (χ3n) is 2.36. The number of carbonyl (C=O) groups is 1. The maximum Gasteiger partial charge on any atom is 0.328 e. The standard InChI is InChI=1S/C11H14FNO2/c1-3-13-11(2,10(14)15)8-5-4-6-9(12)7-8/h4-7,13H,3H2,1-2H3,(H,14,15)/t11-/m1/s1. The lowest BCUT2D eigenvalue weighted by Gasteiger charge is -2.26. The summed E-state index contributed by atoms with van der Waals surface area (Å²) in [6, 6.07) is 5.62. The molecule has 0 aliphatic carbocycles. The zero-order chi connectivity index (χ0) is 11.5. The molecule has 0 unspecified atom stereocenters. The highest BCUT2D eigenvalue weighted by Crippen LogP contribution is 2.21. The van der Waals surface area contributed by atoms with Crippen molar-refractivity contribution >= 4 is 5.97 Å². The number of benzene rings is 1. The van der Waals surface area contributed by atoms with E-state index in [-0.39, 0.29) is 0 Å². The first kappa shape index (κ1) is 11.7. The molecule has 0 heterocycles. The number of hydrogen-bond donors (Lipinski definition) is 2. The molecule has 0 spiro atoms. The van der Waals surface area contributed by atoms with Crippen molar-refractivity contribution in [3.05, 3.63) is 35.6 Å². The predicted octanol–water partition coefficient (Wildman–Crippen LogP) is 1.73. The number of likely N-dealkylation sites (N-methyl/N-ethyl adjacent to an activating group) is 1. The number of aliphatic carboxylic acids is 1. The minimum Gasteiger partial charge on any atom is -0.480 e. The highest BCUT2D eigenvalue weighted by Gasteiger charge is 2.34. The summed E-state index contributed by atoms with van der Waals surface area (Å²) < 4.78 is 13.0. The first-order valence-electron chi connectivity index (χ1n) is 4.75. The van der Waals surface area contributed by atoms with Gasteiger partial charge in [-0.05, 0) is 31.2 Å². The van der Waals surface area contributed by atoms with Crippen LogP contribution in [0, 0.1) is 5.82 Å². The summed E-state index contributed by atoms with van der Waals surface area (Å²) >= 11 is 0. The van der Waals surface area contributed by atoms with Gasteiger partial charge in [-0.3, -0.25) is 5.32 Å². The van der Waals surface area contributed by atoms with E-state index in [1.54, 1.807) is 13.0 Å². The first-order chi connectivity index (χ1) is 7.00. The van der Waals surface area contributed by atoms with Crippen LogP contribution in [0.2, 0.25) is 0 Å². The lowest BCUT2D eigenvalue weighted by atomic mass is 9.92. The van der Waals surface area contributed by atoms with Crippen molar-refractivity contribution in [2.45, 2.75) is 19.4 Å². The molecule has 3 nitrogen and oxygen atoms in total. The number of halogens is 1. The molecule has 1 aromatic rings. The third-order valence-corrected chi connectivity index (χ3v) is 2.36. The molecule has 0 bridgehead atoms. The van der Waals surface area contributed by atoms with E-state index in [1.165, 1.54) is 25.1 Å². The maximum atomic E-state index is 13.0. The van der Waals surface area contributed by atoms with Gasteiger partial charge in [-0.1, -0.05) is 19.1 Å². The quantitative estimate of drug-likeness (QED) is 0.797. The number of nitrogens with one attached hydrogen (secondary N) is 1. The van der Waals surface area contributed by atoms with Gasteiger partial charge in [0.15, 0.2) is 0 Å². The van der Waals surface area contributed by atoms with Crippen LogP contribution < -0.4 is 5.32 Å². The van der Waals surface area contributed by atoms with E-state index in [2.05, 4.69) is 5.32 Å². The van der Waals surface area contributed by atoms with E-state index in [1.807, 2.05) is 0 Å². The van der Waals surface area contributed by atoms with Crippen LogP contribution in [-0.4, -0.2) is 17.6 Å². The van der Waals surface area contributed by atoms with Gasteiger partial charge in [-0.15, -0.1) is 0 Å². The Hall–Kier alpha value is -1.42. The lowest BCUT2D eigenvalue weighted by molar-refractivity contribution is -0.144. The fourth-order valence-corrected chi connectivity index (χ4v) is 1.45. The van der Waals surface area contributed by atoms with Crippen molar-refractivity contribution in [1.82, 2.24) is 5.32 Å². The summed E-state index contributed by atoms with van der Waals surface area (Å²) in [6.45, 7) is 3.83. The summed E-state index contributed by atoms with van der Waals surface area (Å²) in [5.74, 6) is -1.45. The smallest absolute Gasteiger partial charge is 0.328 e. The maximum absolute atomic E-state index is 13.0. The van der Waals surface area contributed by atoms with E-state index in [4.69, 9.17) is 5.11 Å². The molecule has 0 aromatic heterocycles. The molecule has 82 valence electrons. The second-order valence-electron chi connectivity index (χ2n) is 3.47. The predicted molar refractivity (Wildman–Crippen MR) is 55.1 cm³/mol. The average molecular weight is 211 g/mol. The van der Waals surface area contributed by atoms with Crippen LogP contribution in [0.25, 0.3) is 0 Å².